The molecule has 0 amide bonds. The lowest BCUT2D eigenvalue weighted by molar-refractivity contribution is 0.172. The Morgan fingerprint density at radius 2 is 2.05 bits per heavy atom. The van der Waals surface area contributed by atoms with Gasteiger partial charge in [-0.25, -0.2) is 9.67 Å². The Morgan fingerprint density at radius 1 is 1.25 bits per heavy atom. The van der Waals surface area contributed by atoms with Crippen LogP contribution in [0.4, 0.5) is 0 Å². The van der Waals surface area contributed by atoms with Crippen molar-refractivity contribution in [1.82, 2.24) is 14.8 Å². The molecule has 0 bridgehead atoms. The minimum absolute atomic E-state index is 0.496. The number of aliphatic hydroxyl groups is 1. The minimum Gasteiger partial charge on any atom is -0.386 e. The Kier molecular flexibility index (Phi) is 3.62. The van der Waals surface area contributed by atoms with E-state index in [4.69, 9.17) is 0 Å². The number of thiazole rings is 1. The number of para-hydroxylation sites is 1. The van der Waals surface area contributed by atoms with Crippen LogP contribution in [0.2, 0.25) is 0 Å². The maximum Gasteiger partial charge on any atom is 0.103 e. The fraction of sp³-hybridized carbons (Fsp3) is 0.200. The van der Waals surface area contributed by atoms with Gasteiger partial charge in [-0.1, -0.05) is 18.2 Å². The fourth-order valence-electron chi connectivity index (χ4n) is 2.04. The lowest BCUT2D eigenvalue weighted by Crippen LogP contribution is -2.04. The molecule has 0 spiro atoms. The van der Waals surface area contributed by atoms with E-state index in [1.165, 1.54) is 0 Å². The van der Waals surface area contributed by atoms with E-state index in [9.17, 15) is 5.11 Å². The van der Waals surface area contributed by atoms with Gasteiger partial charge in [0.05, 0.1) is 22.1 Å². The van der Waals surface area contributed by atoms with Crippen molar-refractivity contribution in [1.29, 1.82) is 0 Å². The van der Waals surface area contributed by atoms with Crippen molar-refractivity contribution in [2.75, 3.05) is 0 Å². The van der Waals surface area contributed by atoms with Gasteiger partial charge in [0.15, 0.2) is 0 Å². The van der Waals surface area contributed by atoms with Crippen molar-refractivity contribution in [2.24, 2.45) is 0 Å². The number of aryl methyl sites for hydroxylation is 1. The molecule has 3 rings (SSSR count). The molecule has 0 aliphatic heterocycles. The first kappa shape index (κ1) is 13.0. The highest BCUT2D eigenvalue weighted by Crippen LogP contribution is 2.19. The second-order valence-electron chi connectivity index (χ2n) is 4.60. The molecule has 0 fully saturated rings. The smallest absolute Gasteiger partial charge is 0.103 e. The van der Waals surface area contributed by atoms with Crippen LogP contribution in [0.25, 0.3) is 5.69 Å². The van der Waals surface area contributed by atoms with Crippen molar-refractivity contribution in [3.05, 3.63) is 64.4 Å². The van der Waals surface area contributed by atoms with Gasteiger partial charge in [0, 0.05) is 18.0 Å². The fourth-order valence-corrected chi connectivity index (χ4v) is 2.67. The lowest BCUT2D eigenvalue weighted by atomic mass is 10.1. The number of benzene rings is 1. The molecule has 1 N–H and O–H groups in total. The molecule has 0 aliphatic carbocycles. The van der Waals surface area contributed by atoms with Gasteiger partial charge >= 0.3 is 0 Å². The second-order valence-corrected chi connectivity index (χ2v) is 5.66. The molecule has 0 saturated heterocycles. The number of hydrogen-bond donors (Lipinski definition) is 1. The summed E-state index contributed by atoms with van der Waals surface area (Å²) in [6.07, 6.45) is 1.73. The zero-order valence-electron chi connectivity index (χ0n) is 11.1. The number of aromatic nitrogens is 3. The van der Waals surface area contributed by atoms with E-state index in [0.717, 1.165) is 16.4 Å². The Labute approximate surface area is 121 Å². The molecule has 0 radical (unpaired) electrons. The molecule has 1 atom stereocenters. The zero-order valence-corrected chi connectivity index (χ0v) is 11.9. The summed E-state index contributed by atoms with van der Waals surface area (Å²) in [5.41, 5.74) is 2.56. The van der Waals surface area contributed by atoms with Crippen LogP contribution in [-0.2, 0) is 6.42 Å². The van der Waals surface area contributed by atoms with Gasteiger partial charge in [-0.2, -0.15) is 5.10 Å². The Bertz CT molecular complexity index is 690. The van der Waals surface area contributed by atoms with Crippen LogP contribution >= 0.6 is 11.3 Å². The predicted molar refractivity (Wildman–Crippen MR) is 79.1 cm³/mol. The number of aliphatic hydroxyl groups excluding tert-OH is 1. The Balaban J connectivity index is 1.76. The highest BCUT2D eigenvalue weighted by Gasteiger charge is 2.13. The van der Waals surface area contributed by atoms with Crippen LogP contribution in [0.3, 0.4) is 0 Å². The Hall–Kier alpha value is -1.98. The average molecular weight is 285 g/mol. The number of nitrogens with zero attached hydrogens (tertiary/aromatic N) is 3. The molecule has 4 nitrogen and oxygen atoms in total. The summed E-state index contributed by atoms with van der Waals surface area (Å²) in [5, 5.41) is 17.7. The highest BCUT2D eigenvalue weighted by molar-refractivity contribution is 7.09. The zero-order chi connectivity index (χ0) is 13.9. The summed E-state index contributed by atoms with van der Waals surface area (Å²) in [5.74, 6) is 0. The van der Waals surface area contributed by atoms with E-state index < -0.39 is 6.10 Å². The summed E-state index contributed by atoms with van der Waals surface area (Å²) in [7, 11) is 0. The topological polar surface area (TPSA) is 50.9 Å². The maximum atomic E-state index is 10.2. The van der Waals surface area contributed by atoms with E-state index in [1.807, 2.05) is 54.9 Å². The monoisotopic (exact) mass is 285 g/mol. The van der Waals surface area contributed by atoms with Crippen molar-refractivity contribution >= 4 is 11.3 Å². The van der Waals surface area contributed by atoms with Gasteiger partial charge in [0.2, 0.25) is 0 Å². The standard InChI is InChI=1S/C15H15N3OS/c1-11-16-12(10-20-11)9-15(19)14-7-8-18(17-14)13-5-3-2-4-6-13/h2-8,10,15,19H,9H2,1H3. The van der Waals surface area contributed by atoms with Crippen molar-refractivity contribution in [3.8, 4) is 5.69 Å². The van der Waals surface area contributed by atoms with Crippen molar-refractivity contribution < 1.29 is 5.11 Å². The molecule has 1 aromatic carbocycles. The second kappa shape index (κ2) is 5.56. The van der Waals surface area contributed by atoms with E-state index in [0.29, 0.717) is 12.1 Å². The van der Waals surface area contributed by atoms with E-state index >= 15 is 0 Å². The third kappa shape index (κ3) is 2.79. The average Bonchev–Trinajstić information content (AvgIpc) is 3.09. The third-order valence-electron chi connectivity index (χ3n) is 3.04. The lowest BCUT2D eigenvalue weighted by Gasteiger charge is -2.05. The summed E-state index contributed by atoms with van der Waals surface area (Å²) in [4.78, 5) is 4.37. The molecule has 20 heavy (non-hydrogen) atoms. The third-order valence-corrected chi connectivity index (χ3v) is 3.86. The molecular weight excluding hydrogens is 270 g/mol. The van der Waals surface area contributed by atoms with E-state index in [-0.39, 0.29) is 0 Å². The molecule has 2 heterocycles. The van der Waals surface area contributed by atoms with E-state index in [2.05, 4.69) is 10.1 Å². The molecule has 0 saturated carbocycles. The largest absolute Gasteiger partial charge is 0.386 e. The SMILES string of the molecule is Cc1nc(CC(O)c2ccn(-c3ccccc3)n2)cs1. The van der Waals surface area contributed by atoms with Gasteiger partial charge in [-0.05, 0) is 25.1 Å². The highest BCUT2D eigenvalue weighted by atomic mass is 32.1. The first-order valence-corrected chi connectivity index (χ1v) is 7.30. The molecule has 0 aliphatic rings. The van der Waals surface area contributed by atoms with Crippen molar-refractivity contribution in [3.63, 3.8) is 0 Å². The number of rotatable bonds is 4. The first-order chi connectivity index (χ1) is 9.72. The minimum atomic E-state index is -0.624. The molecule has 5 heteroatoms. The van der Waals surface area contributed by atoms with Gasteiger partial charge in [-0.3, -0.25) is 0 Å². The van der Waals surface area contributed by atoms with Crippen LogP contribution in [-0.4, -0.2) is 19.9 Å². The van der Waals surface area contributed by atoms with Gasteiger partial charge in [0.1, 0.15) is 6.10 Å². The molecule has 102 valence electrons. The Morgan fingerprint density at radius 3 is 2.75 bits per heavy atom. The molecule has 2 aromatic heterocycles. The first-order valence-electron chi connectivity index (χ1n) is 6.42. The summed E-state index contributed by atoms with van der Waals surface area (Å²) >= 11 is 1.60. The van der Waals surface area contributed by atoms with Crippen LogP contribution in [0.5, 0.6) is 0 Å². The molecule has 1 unspecified atom stereocenters. The molecular formula is C15H15N3OS. The van der Waals surface area contributed by atoms with E-state index in [1.54, 1.807) is 16.0 Å². The summed E-state index contributed by atoms with van der Waals surface area (Å²) < 4.78 is 1.77. The van der Waals surface area contributed by atoms with Crippen molar-refractivity contribution in [2.45, 2.75) is 19.4 Å². The van der Waals surface area contributed by atoms with Crippen LogP contribution < -0.4 is 0 Å². The van der Waals surface area contributed by atoms with Gasteiger partial charge in [0.25, 0.3) is 0 Å². The normalized spacial score (nSPS) is 12.5. The van der Waals surface area contributed by atoms with Gasteiger partial charge < -0.3 is 5.11 Å². The van der Waals surface area contributed by atoms with Gasteiger partial charge in [-0.15, -0.1) is 11.3 Å². The van der Waals surface area contributed by atoms with Crippen LogP contribution in [0.1, 0.15) is 22.5 Å². The number of hydrogen-bond acceptors (Lipinski definition) is 4. The van der Waals surface area contributed by atoms with Crippen LogP contribution in [0, 0.1) is 6.92 Å². The summed E-state index contributed by atoms with van der Waals surface area (Å²) in [6, 6.07) is 11.7. The predicted octanol–water partition coefficient (Wildman–Crippen LogP) is 2.91. The maximum absolute atomic E-state index is 10.2. The van der Waals surface area contributed by atoms with Crippen LogP contribution in [0.15, 0.2) is 48.0 Å². The molecule has 3 aromatic rings. The summed E-state index contributed by atoms with van der Waals surface area (Å²) in [6.45, 7) is 1.96. The quantitative estimate of drug-likeness (QED) is 0.802.